The van der Waals surface area contributed by atoms with Gasteiger partial charge in [-0.15, -0.1) is 0 Å². The van der Waals surface area contributed by atoms with E-state index in [9.17, 15) is 9.59 Å². The molecule has 0 heterocycles. The van der Waals surface area contributed by atoms with Crippen LogP contribution in [0, 0.1) is 0 Å². The summed E-state index contributed by atoms with van der Waals surface area (Å²) in [6.07, 6.45) is -0.171. The van der Waals surface area contributed by atoms with E-state index in [0.717, 1.165) is 0 Å². The van der Waals surface area contributed by atoms with E-state index in [1.807, 2.05) is 19.1 Å². The van der Waals surface area contributed by atoms with Gasteiger partial charge in [0, 0.05) is 18.3 Å². The van der Waals surface area contributed by atoms with E-state index < -0.39 is 6.10 Å². The molecular formula is C19H22N2O4. The van der Waals surface area contributed by atoms with Crippen LogP contribution in [0.25, 0.3) is 0 Å². The molecule has 0 bridgehead atoms. The third kappa shape index (κ3) is 5.24. The van der Waals surface area contributed by atoms with Crippen LogP contribution >= 0.6 is 0 Å². The Kier molecular flexibility index (Phi) is 6.39. The van der Waals surface area contributed by atoms with Crippen LogP contribution in [0.1, 0.15) is 20.3 Å². The Morgan fingerprint density at radius 3 is 2.24 bits per heavy atom. The van der Waals surface area contributed by atoms with Crippen molar-refractivity contribution < 1.29 is 19.1 Å². The molecule has 0 aliphatic heterocycles. The Morgan fingerprint density at radius 2 is 1.64 bits per heavy atom. The molecule has 6 nitrogen and oxygen atoms in total. The summed E-state index contributed by atoms with van der Waals surface area (Å²) in [6, 6.07) is 14.1. The molecule has 25 heavy (non-hydrogen) atoms. The normalized spacial score (nSPS) is 11.3. The quantitative estimate of drug-likeness (QED) is 0.808. The number of carbonyl (C=O) groups excluding carboxylic acids is 2. The summed E-state index contributed by atoms with van der Waals surface area (Å²) >= 11 is 0. The maximum absolute atomic E-state index is 12.5. The summed E-state index contributed by atoms with van der Waals surface area (Å²) in [6.45, 7) is 3.30. The average Bonchev–Trinajstić information content (AvgIpc) is 2.59. The van der Waals surface area contributed by atoms with Gasteiger partial charge in [0.05, 0.1) is 7.11 Å². The van der Waals surface area contributed by atoms with Crippen molar-refractivity contribution in [3.05, 3.63) is 48.5 Å². The van der Waals surface area contributed by atoms with Gasteiger partial charge in [0.15, 0.2) is 17.6 Å². The third-order valence-corrected chi connectivity index (χ3v) is 3.45. The minimum atomic E-state index is -0.666. The number of amides is 2. The van der Waals surface area contributed by atoms with E-state index in [-0.39, 0.29) is 11.8 Å². The summed E-state index contributed by atoms with van der Waals surface area (Å²) in [7, 11) is 1.55. The fourth-order valence-corrected chi connectivity index (χ4v) is 2.29. The summed E-state index contributed by atoms with van der Waals surface area (Å²) in [5, 5.41) is 5.49. The molecule has 132 valence electrons. The molecule has 2 rings (SSSR count). The predicted molar refractivity (Wildman–Crippen MR) is 97.1 cm³/mol. The van der Waals surface area contributed by atoms with E-state index in [0.29, 0.717) is 29.3 Å². The van der Waals surface area contributed by atoms with E-state index in [4.69, 9.17) is 9.47 Å². The highest BCUT2D eigenvalue weighted by molar-refractivity contribution is 5.95. The zero-order valence-corrected chi connectivity index (χ0v) is 14.5. The Balaban J connectivity index is 2.08. The maximum atomic E-state index is 12.5. The molecule has 0 saturated heterocycles. The minimum Gasteiger partial charge on any atom is -0.493 e. The third-order valence-electron chi connectivity index (χ3n) is 3.45. The molecule has 0 fully saturated rings. The fourth-order valence-electron chi connectivity index (χ4n) is 2.29. The van der Waals surface area contributed by atoms with Crippen LogP contribution in [-0.4, -0.2) is 25.0 Å². The largest absolute Gasteiger partial charge is 0.493 e. The molecule has 0 aliphatic carbocycles. The van der Waals surface area contributed by atoms with E-state index in [2.05, 4.69) is 10.6 Å². The lowest BCUT2D eigenvalue weighted by atomic mass is 10.2. The van der Waals surface area contributed by atoms with Crippen molar-refractivity contribution in [1.82, 2.24) is 0 Å². The first-order valence-electron chi connectivity index (χ1n) is 8.01. The van der Waals surface area contributed by atoms with Gasteiger partial charge in [0.2, 0.25) is 5.91 Å². The number of nitrogens with one attached hydrogen (secondary N) is 2. The van der Waals surface area contributed by atoms with Crippen LogP contribution in [0.15, 0.2) is 48.5 Å². The SMILES string of the molecule is CC[C@H](Oc1ccccc1OC)C(=O)Nc1cccc(NC(C)=O)c1. The van der Waals surface area contributed by atoms with Crippen molar-refractivity contribution in [1.29, 1.82) is 0 Å². The first-order chi connectivity index (χ1) is 12.0. The van der Waals surface area contributed by atoms with Gasteiger partial charge >= 0.3 is 0 Å². The number of anilines is 2. The molecule has 2 aromatic carbocycles. The molecule has 2 aromatic rings. The van der Waals surface area contributed by atoms with Gasteiger partial charge in [0.1, 0.15) is 0 Å². The monoisotopic (exact) mass is 342 g/mol. The summed E-state index contributed by atoms with van der Waals surface area (Å²) in [5.74, 6) is 0.642. The van der Waals surface area contributed by atoms with Crippen molar-refractivity contribution >= 4 is 23.2 Å². The minimum absolute atomic E-state index is 0.172. The van der Waals surface area contributed by atoms with Crippen molar-refractivity contribution in [3.8, 4) is 11.5 Å². The van der Waals surface area contributed by atoms with Gasteiger partial charge in [-0.1, -0.05) is 25.1 Å². The van der Waals surface area contributed by atoms with Gasteiger partial charge < -0.3 is 20.1 Å². The number of hydrogen-bond donors (Lipinski definition) is 2. The maximum Gasteiger partial charge on any atom is 0.265 e. The predicted octanol–water partition coefficient (Wildman–Crippen LogP) is 3.45. The molecule has 2 N–H and O–H groups in total. The number of hydrogen-bond acceptors (Lipinski definition) is 4. The van der Waals surface area contributed by atoms with Crippen LogP contribution in [0.3, 0.4) is 0 Å². The zero-order chi connectivity index (χ0) is 18.2. The second-order valence-corrected chi connectivity index (χ2v) is 5.42. The summed E-state index contributed by atoms with van der Waals surface area (Å²) in [4.78, 5) is 23.7. The van der Waals surface area contributed by atoms with Gasteiger partial charge in [-0.2, -0.15) is 0 Å². The molecule has 0 unspecified atom stereocenters. The summed E-state index contributed by atoms with van der Waals surface area (Å²) < 4.78 is 11.1. The molecule has 0 saturated carbocycles. The van der Waals surface area contributed by atoms with Crippen molar-refractivity contribution in [2.75, 3.05) is 17.7 Å². The van der Waals surface area contributed by atoms with Gasteiger partial charge in [-0.05, 0) is 36.8 Å². The number of ether oxygens (including phenoxy) is 2. The number of rotatable bonds is 7. The van der Waals surface area contributed by atoms with Crippen LogP contribution in [-0.2, 0) is 9.59 Å². The lowest BCUT2D eigenvalue weighted by molar-refractivity contribution is -0.122. The first-order valence-corrected chi connectivity index (χ1v) is 8.01. The van der Waals surface area contributed by atoms with E-state index in [1.54, 1.807) is 43.5 Å². The van der Waals surface area contributed by atoms with Crippen LogP contribution in [0.2, 0.25) is 0 Å². The fraction of sp³-hybridized carbons (Fsp3) is 0.263. The Labute approximate surface area is 147 Å². The Bertz CT molecular complexity index is 746. The highest BCUT2D eigenvalue weighted by Crippen LogP contribution is 2.27. The van der Waals surface area contributed by atoms with Crippen LogP contribution < -0.4 is 20.1 Å². The van der Waals surface area contributed by atoms with Crippen molar-refractivity contribution in [2.24, 2.45) is 0 Å². The second kappa shape index (κ2) is 8.73. The van der Waals surface area contributed by atoms with Gasteiger partial charge in [-0.25, -0.2) is 0 Å². The Morgan fingerprint density at radius 1 is 1.00 bits per heavy atom. The molecule has 1 atom stereocenters. The smallest absolute Gasteiger partial charge is 0.265 e. The molecule has 6 heteroatoms. The van der Waals surface area contributed by atoms with E-state index in [1.165, 1.54) is 6.92 Å². The Hall–Kier alpha value is -3.02. The standard InChI is InChI=1S/C19H22N2O4/c1-4-16(25-18-11-6-5-10-17(18)24-3)19(23)21-15-9-7-8-14(12-15)20-13(2)22/h5-12,16H,4H2,1-3H3,(H,20,22)(H,21,23)/t16-/m0/s1. The zero-order valence-electron chi connectivity index (χ0n) is 14.5. The lowest BCUT2D eigenvalue weighted by Crippen LogP contribution is -2.32. The lowest BCUT2D eigenvalue weighted by Gasteiger charge is -2.19. The number of benzene rings is 2. The molecule has 0 aromatic heterocycles. The molecular weight excluding hydrogens is 320 g/mol. The number of para-hydroxylation sites is 2. The molecule has 0 radical (unpaired) electrons. The van der Waals surface area contributed by atoms with Crippen molar-refractivity contribution in [3.63, 3.8) is 0 Å². The average molecular weight is 342 g/mol. The molecule has 0 aliphatic rings. The number of methoxy groups -OCH3 is 1. The van der Waals surface area contributed by atoms with Crippen LogP contribution in [0.5, 0.6) is 11.5 Å². The topological polar surface area (TPSA) is 76.7 Å². The molecule has 0 spiro atoms. The summed E-state index contributed by atoms with van der Waals surface area (Å²) in [5.41, 5.74) is 1.20. The second-order valence-electron chi connectivity index (χ2n) is 5.42. The van der Waals surface area contributed by atoms with Crippen LogP contribution in [0.4, 0.5) is 11.4 Å². The highest BCUT2D eigenvalue weighted by Gasteiger charge is 2.20. The van der Waals surface area contributed by atoms with Crippen molar-refractivity contribution in [2.45, 2.75) is 26.4 Å². The van der Waals surface area contributed by atoms with Gasteiger partial charge in [-0.3, -0.25) is 9.59 Å². The molecule has 2 amide bonds. The van der Waals surface area contributed by atoms with Gasteiger partial charge in [0.25, 0.3) is 5.91 Å². The number of carbonyl (C=O) groups is 2. The van der Waals surface area contributed by atoms with E-state index >= 15 is 0 Å². The highest BCUT2D eigenvalue weighted by atomic mass is 16.5. The first kappa shape index (κ1) is 18.3.